The van der Waals surface area contributed by atoms with Crippen molar-refractivity contribution in [3.8, 4) is 5.75 Å². The first-order chi connectivity index (χ1) is 8.15. The average molecular weight is 241 g/mol. The van der Waals surface area contributed by atoms with Gasteiger partial charge in [-0.2, -0.15) is 0 Å². The second-order valence-corrected chi connectivity index (χ2v) is 3.35. The first kappa shape index (κ1) is 13.4. The summed E-state index contributed by atoms with van der Waals surface area (Å²) in [7, 11) is 0. The van der Waals surface area contributed by atoms with Gasteiger partial charge in [0.25, 0.3) is 0 Å². The zero-order valence-corrected chi connectivity index (χ0v) is 9.54. The van der Waals surface area contributed by atoms with E-state index in [4.69, 9.17) is 9.47 Å². The molecule has 0 saturated carbocycles. The predicted molar refractivity (Wildman–Crippen MR) is 61.1 cm³/mol. The Morgan fingerprint density at radius 3 is 2.76 bits per heavy atom. The number of ether oxygens (including phenoxy) is 2. The smallest absolute Gasteiger partial charge is 0.310 e. The number of nitrogens with zero attached hydrogens (tertiary/aromatic N) is 1. The Balaban J connectivity index is 2.54. The number of para-hydroxylation sites is 2. The van der Waals surface area contributed by atoms with Crippen molar-refractivity contribution in [3.05, 3.63) is 34.4 Å². The van der Waals surface area contributed by atoms with Crippen LogP contribution in [0.1, 0.15) is 6.92 Å². The van der Waals surface area contributed by atoms with E-state index in [2.05, 4.69) is 0 Å². The van der Waals surface area contributed by atoms with Gasteiger partial charge in [-0.05, 0) is 13.0 Å². The van der Waals surface area contributed by atoms with E-state index in [-0.39, 0.29) is 24.7 Å². The molecule has 0 fully saturated rings. The second kappa shape index (κ2) is 6.82. The average Bonchev–Trinajstić information content (AvgIpc) is 2.34. The molecule has 0 bridgehead atoms. The monoisotopic (exact) mass is 241 g/mol. The Kier molecular flexibility index (Phi) is 5.38. The van der Waals surface area contributed by atoms with Gasteiger partial charge in [0.1, 0.15) is 12.7 Å². The van der Waals surface area contributed by atoms with E-state index in [0.717, 1.165) is 0 Å². The molecular formula is C11H15NO5. The van der Waals surface area contributed by atoms with Crippen LogP contribution in [-0.4, -0.2) is 36.0 Å². The Hall–Kier alpha value is -1.66. The quantitative estimate of drug-likeness (QED) is 0.576. The van der Waals surface area contributed by atoms with Crippen LogP contribution in [0.4, 0.5) is 5.69 Å². The van der Waals surface area contributed by atoms with Gasteiger partial charge in [-0.1, -0.05) is 12.1 Å². The van der Waals surface area contributed by atoms with Gasteiger partial charge in [-0.3, -0.25) is 10.1 Å². The fourth-order valence-corrected chi connectivity index (χ4v) is 1.22. The van der Waals surface area contributed by atoms with E-state index in [1.807, 2.05) is 6.92 Å². The van der Waals surface area contributed by atoms with Crippen molar-refractivity contribution in [2.75, 3.05) is 19.8 Å². The lowest BCUT2D eigenvalue weighted by molar-refractivity contribution is -0.385. The molecular weight excluding hydrogens is 226 g/mol. The third kappa shape index (κ3) is 4.38. The largest absolute Gasteiger partial charge is 0.484 e. The zero-order valence-electron chi connectivity index (χ0n) is 9.54. The first-order valence-electron chi connectivity index (χ1n) is 5.27. The highest BCUT2D eigenvalue weighted by molar-refractivity contribution is 5.45. The van der Waals surface area contributed by atoms with Crippen molar-refractivity contribution in [3.63, 3.8) is 0 Å². The molecule has 1 rings (SSSR count). The summed E-state index contributed by atoms with van der Waals surface area (Å²) in [5, 5.41) is 20.1. The van der Waals surface area contributed by atoms with Crippen LogP contribution >= 0.6 is 0 Å². The van der Waals surface area contributed by atoms with E-state index in [9.17, 15) is 15.2 Å². The number of aliphatic hydroxyl groups is 1. The van der Waals surface area contributed by atoms with Crippen LogP contribution in [0.2, 0.25) is 0 Å². The minimum atomic E-state index is -0.797. The third-order valence-electron chi connectivity index (χ3n) is 2.01. The van der Waals surface area contributed by atoms with Gasteiger partial charge in [0.05, 0.1) is 11.5 Å². The van der Waals surface area contributed by atoms with Gasteiger partial charge in [0, 0.05) is 12.7 Å². The topological polar surface area (TPSA) is 81.8 Å². The summed E-state index contributed by atoms with van der Waals surface area (Å²) in [4.78, 5) is 10.2. The molecule has 1 unspecified atom stereocenters. The van der Waals surface area contributed by atoms with Gasteiger partial charge < -0.3 is 14.6 Å². The molecule has 0 heterocycles. The van der Waals surface area contributed by atoms with Crippen LogP contribution in [0.25, 0.3) is 0 Å². The summed E-state index contributed by atoms with van der Waals surface area (Å²) >= 11 is 0. The fourth-order valence-electron chi connectivity index (χ4n) is 1.22. The van der Waals surface area contributed by atoms with Gasteiger partial charge >= 0.3 is 5.69 Å². The fraction of sp³-hybridized carbons (Fsp3) is 0.455. The number of nitro groups is 1. The summed E-state index contributed by atoms with van der Waals surface area (Å²) < 4.78 is 10.2. The Morgan fingerprint density at radius 1 is 1.41 bits per heavy atom. The molecule has 0 aliphatic rings. The van der Waals surface area contributed by atoms with Gasteiger partial charge in [-0.25, -0.2) is 0 Å². The lowest BCUT2D eigenvalue weighted by atomic mass is 10.3. The Bertz CT molecular complexity index is 369. The number of rotatable bonds is 7. The SMILES string of the molecule is CCOCC(O)COc1ccccc1[N+](=O)[O-]. The van der Waals surface area contributed by atoms with Crippen molar-refractivity contribution in [2.45, 2.75) is 13.0 Å². The van der Waals surface area contributed by atoms with Crippen molar-refractivity contribution >= 4 is 5.69 Å². The lowest BCUT2D eigenvalue weighted by Gasteiger charge is -2.11. The van der Waals surface area contributed by atoms with Crippen LogP contribution in [0, 0.1) is 10.1 Å². The summed E-state index contributed by atoms with van der Waals surface area (Å²) in [5.41, 5.74) is -0.115. The molecule has 0 spiro atoms. The molecule has 1 aromatic rings. The number of hydrogen-bond acceptors (Lipinski definition) is 5. The minimum Gasteiger partial charge on any atom is -0.484 e. The molecule has 1 aromatic carbocycles. The number of aliphatic hydroxyl groups excluding tert-OH is 1. The van der Waals surface area contributed by atoms with Crippen molar-refractivity contribution < 1.29 is 19.5 Å². The van der Waals surface area contributed by atoms with Crippen LogP contribution in [0.15, 0.2) is 24.3 Å². The maximum absolute atomic E-state index is 10.7. The maximum Gasteiger partial charge on any atom is 0.310 e. The molecule has 0 aliphatic heterocycles. The Labute approximate surface area is 98.9 Å². The molecule has 6 nitrogen and oxygen atoms in total. The highest BCUT2D eigenvalue weighted by Crippen LogP contribution is 2.25. The van der Waals surface area contributed by atoms with Crippen molar-refractivity contribution in [1.29, 1.82) is 0 Å². The highest BCUT2D eigenvalue weighted by Gasteiger charge is 2.15. The number of hydrogen-bond donors (Lipinski definition) is 1. The second-order valence-electron chi connectivity index (χ2n) is 3.35. The molecule has 17 heavy (non-hydrogen) atoms. The first-order valence-corrected chi connectivity index (χ1v) is 5.27. The predicted octanol–water partition coefficient (Wildman–Crippen LogP) is 1.37. The number of nitro benzene ring substituents is 1. The van der Waals surface area contributed by atoms with Gasteiger partial charge in [0.15, 0.2) is 5.75 Å². The van der Waals surface area contributed by atoms with Crippen molar-refractivity contribution in [1.82, 2.24) is 0 Å². The summed E-state index contributed by atoms with van der Waals surface area (Å²) in [6.07, 6.45) is -0.797. The van der Waals surface area contributed by atoms with E-state index in [1.165, 1.54) is 12.1 Å². The molecule has 1 N–H and O–H groups in total. The molecule has 0 aliphatic carbocycles. The van der Waals surface area contributed by atoms with Crippen LogP contribution in [0.5, 0.6) is 5.75 Å². The molecule has 0 radical (unpaired) electrons. The van der Waals surface area contributed by atoms with E-state index < -0.39 is 11.0 Å². The standard InChI is InChI=1S/C11H15NO5/c1-2-16-7-9(13)8-17-11-6-4-3-5-10(11)12(14)15/h3-6,9,13H,2,7-8H2,1H3. The lowest BCUT2D eigenvalue weighted by Crippen LogP contribution is -2.23. The maximum atomic E-state index is 10.7. The van der Waals surface area contributed by atoms with Crippen LogP contribution in [-0.2, 0) is 4.74 Å². The van der Waals surface area contributed by atoms with E-state index >= 15 is 0 Å². The summed E-state index contributed by atoms with van der Waals surface area (Å²) in [6, 6.07) is 6.04. The zero-order chi connectivity index (χ0) is 12.7. The van der Waals surface area contributed by atoms with E-state index in [1.54, 1.807) is 12.1 Å². The van der Waals surface area contributed by atoms with Crippen LogP contribution in [0.3, 0.4) is 0 Å². The third-order valence-corrected chi connectivity index (χ3v) is 2.01. The van der Waals surface area contributed by atoms with Crippen molar-refractivity contribution in [2.24, 2.45) is 0 Å². The molecule has 0 saturated heterocycles. The molecule has 6 heteroatoms. The summed E-state index contributed by atoms with van der Waals surface area (Å²) in [5.74, 6) is 0.146. The summed E-state index contributed by atoms with van der Waals surface area (Å²) in [6.45, 7) is 2.43. The van der Waals surface area contributed by atoms with E-state index in [0.29, 0.717) is 6.61 Å². The minimum absolute atomic E-state index is 0.0369. The number of benzene rings is 1. The highest BCUT2D eigenvalue weighted by atomic mass is 16.6. The van der Waals surface area contributed by atoms with Gasteiger partial charge in [-0.15, -0.1) is 0 Å². The normalized spacial score (nSPS) is 12.1. The van der Waals surface area contributed by atoms with Crippen LogP contribution < -0.4 is 4.74 Å². The molecule has 1 atom stereocenters. The molecule has 94 valence electrons. The van der Waals surface area contributed by atoms with Gasteiger partial charge in [0.2, 0.25) is 0 Å². The molecule has 0 aromatic heterocycles. The Morgan fingerprint density at radius 2 is 2.12 bits per heavy atom. The molecule has 0 amide bonds.